The first kappa shape index (κ1) is 18.6. The van der Waals surface area contributed by atoms with E-state index < -0.39 is 12.0 Å². The summed E-state index contributed by atoms with van der Waals surface area (Å²) in [6.45, 7) is 3.67. The molecule has 8 nitrogen and oxygen atoms in total. The summed E-state index contributed by atoms with van der Waals surface area (Å²) in [4.78, 5) is 24.4. The van der Waals surface area contributed by atoms with E-state index in [1.54, 1.807) is 0 Å². The minimum atomic E-state index is -0.724. The zero-order valence-electron chi connectivity index (χ0n) is 14.5. The summed E-state index contributed by atoms with van der Waals surface area (Å²) in [6, 6.07) is 8.86. The smallest absolute Gasteiger partial charge is 0.331 e. The van der Waals surface area contributed by atoms with Gasteiger partial charge in [0.15, 0.2) is 12.6 Å². The van der Waals surface area contributed by atoms with E-state index >= 15 is 0 Å². The van der Waals surface area contributed by atoms with E-state index in [2.05, 4.69) is 20.8 Å². The van der Waals surface area contributed by atoms with Crippen molar-refractivity contribution in [3.63, 3.8) is 0 Å². The van der Waals surface area contributed by atoms with Crippen LogP contribution in [0.15, 0.2) is 36.7 Å². The number of amides is 1. The molecule has 0 saturated heterocycles. The molecule has 2 aromatic rings. The van der Waals surface area contributed by atoms with Crippen LogP contribution >= 0.6 is 0 Å². The lowest BCUT2D eigenvalue weighted by Gasteiger charge is -2.17. The second-order valence-electron chi connectivity index (χ2n) is 5.68. The van der Waals surface area contributed by atoms with Gasteiger partial charge in [0.05, 0.1) is 0 Å². The Morgan fingerprint density at radius 1 is 1.20 bits per heavy atom. The van der Waals surface area contributed by atoms with Gasteiger partial charge in [-0.3, -0.25) is 4.79 Å². The van der Waals surface area contributed by atoms with Gasteiger partial charge in [0.1, 0.15) is 6.33 Å². The van der Waals surface area contributed by atoms with Crippen molar-refractivity contribution in [2.24, 2.45) is 0 Å². The van der Waals surface area contributed by atoms with Gasteiger partial charge < -0.3 is 10.1 Å². The number of carbonyl (C=O) groups is 2. The Labute approximate surface area is 146 Å². The highest BCUT2D eigenvalue weighted by Gasteiger charge is 2.25. The van der Waals surface area contributed by atoms with E-state index in [1.807, 2.05) is 44.2 Å². The summed E-state index contributed by atoms with van der Waals surface area (Å²) >= 11 is 0. The molecule has 2 rings (SSSR count). The molecule has 8 heteroatoms. The molecule has 0 aliphatic heterocycles. The largest absolute Gasteiger partial charge is 0.454 e. The molecule has 134 valence electrons. The third-order valence-corrected chi connectivity index (χ3v) is 3.92. The van der Waals surface area contributed by atoms with E-state index in [0.29, 0.717) is 6.42 Å². The summed E-state index contributed by atoms with van der Waals surface area (Å²) in [7, 11) is 0. The van der Waals surface area contributed by atoms with Crippen LogP contribution in [0.3, 0.4) is 0 Å². The van der Waals surface area contributed by atoms with E-state index in [4.69, 9.17) is 4.74 Å². The fraction of sp³-hybridized carbons (Fsp3) is 0.471. The number of benzene rings is 1. The van der Waals surface area contributed by atoms with Crippen molar-refractivity contribution in [3.05, 3.63) is 42.2 Å². The molecule has 0 unspecified atom stereocenters. The molecule has 0 aliphatic rings. The SMILES string of the molecule is CCC(CC)NC(=O)COC(=O)[C@H](Cc1ccccc1)n1cnnn1. The molecule has 1 aromatic heterocycles. The van der Waals surface area contributed by atoms with Gasteiger partial charge >= 0.3 is 5.97 Å². The van der Waals surface area contributed by atoms with Gasteiger partial charge in [-0.2, -0.15) is 0 Å². The number of ether oxygens (including phenoxy) is 1. The van der Waals surface area contributed by atoms with Crippen LogP contribution in [0.25, 0.3) is 0 Å². The van der Waals surface area contributed by atoms with Crippen molar-refractivity contribution in [1.29, 1.82) is 0 Å². The van der Waals surface area contributed by atoms with Crippen LogP contribution in [0.1, 0.15) is 38.3 Å². The highest BCUT2D eigenvalue weighted by atomic mass is 16.5. The molecule has 1 atom stereocenters. The number of nitrogens with one attached hydrogen (secondary N) is 1. The van der Waals surface area contributed by atoms with Gasteiger partial charge in [-0.1, -0.05) is 44.2 Å². The standard InChI is InChI=1S/C17H23N5O3/c1-3-14(4-2)19-16(23)11-25-17(24)15(22-12-18-20-21-22)10-13-8-6-5-7-9-13/h5-9,12,14-15H,3-4,10-11H2,1-2H3,(H,19,23)/t15-/m0/s1. The third kappa shape index (κ3) is 5.66. The average Bonchev–Trinajstić information content (AvgIpc) is 3.17. The molecule has 0 fully saturated rings. The number of nitrogens with zero attached hydrogens (tertiary/aromatic N) is 4. The van der Waals surface area contributed by atoms with Gasteiger partial charge in [-0.25, -0.2) is 9.48 Å². The van der Waals surface area contributed by atoms with E-state index in [0.717, 1.165) is 18.4 Å². The van der Waals surface area contributed by atoms with Crippen LogP contribution < -0.4 is 5.32 Å². The Bertz CT molecular complexity index is 656. The summed E-state index contributed by atoms with van der Waals surface area (Å²) in [5.41, 5.74) is 0.946. The number of esters is 1. The second kappa shape index (κ2) is 9.51. The second-order valence-corrected chi connectivity index (χ2v) is 5.68. The predicted octanol–water partition coefficient (Wildman–Crippen LogP) is 1.30. The Kier molecular flexibility index (Phi) is 7.06. The topological polar surface area (TPSA) is 99.0 Å². The zero-order chi connectivity index (χ0) is 18.1. The minimum Gasteiger partial charge on any atom is -0.454 e. The van der Waals surface area contributed by atoms with Crippen molar-refractivity contribution >= 4 is 11.9 Å². The van der Waals surface area contributed by atoms with Crippen LogP contribution in [0.4, 0.5) is 0 Å². The van der Waals surface area contributed by atoms with Crippen LogP contribution in [-0.4, -0.2) is 44.7 Å². The Hall–Kier alpha value is -2.77. The number of rotatable bonds is 9. The van der Waals surface area contributed by atoms with Crippen molar-refractivity contribution in [3.8, 4) is 0 Å². The van der Waals surface area contributed by atoms with E-state index in [9.17, 15) is 9.59 Å². The van der Waals surface area contributed by atoms with Crippen LogP contribution in [-0.2, 0) is 20.7 Å². The summed E-state index contributed by atoms with van der Waals surface area (Å²) in [5, 5.41) is 13.8. The molecule has 0 bridgehead atoms. The third-order valence-electron chi connectivity index (χ3n) is 3.92. The van der Waals surface area contributed by atoms with Crippen LogP contribution in [0.2, 0.25) is 0 Å². The molecule has 0 spiro atoms. The van der Waals surface area contributed by atoms with E-state index in [-0.39, 0.29) is 18.6 Å². The van der Waals surface area contributed by atoms with Crippen molar-refractivity contribution in [2.45, 2.75) is 45.2 Å². The van der Waals surface area contributed by atoms with Gasteiger partial charge in [0.2, 0.25) is 0 Å². The number of aromatic nitrogens is 4. The molecule has 1 heterocycles. The quantitative estimate of drug-likeness (QED) is 0.688. The molecule has 25 heavy (non-hydrogen) atoms. The predicted molar refractivity (Wildman–Crippen MR) is 90.5 cm³/mol. The van der Waals surface area contributed by atoms with E-state index in [1.165, 1.54) is 11.0 Å². The number of hydrogen-bond donors (Lipinski definition) is 1. The van der Waals surface area contributed by atoms with Crippen LogP contribution in [0.5, 0.6) is 0 Å². The number of tetrazole rings is 1. The highest BCUT2D eigenvalue weighted by molar-refractivity contribution is 5.82. The lowest BCUT2D eigenvalue weighted by molar-refractivity contribution is -0.152. The van der Waals surface area contributed by atoms with Gasteiger partial charge in [0, 0.05) is 12.5 Å². The molecule has 1 amide bonds. The maximum Gasteiger partial charge on any atom is 0.331 e. The molecule has 1 N–H and O–H groups in total. The Morgan fingerprint density at radius 3 is 2.52 bits per heavy atom. The van der Waals surface area contributed by atoms with Gasteiger partial charge in [0.25, 0.3) is 5.91 Å². The first-order valence-corrected chi connectivity index (χ1v) is 8.36. The normalized spacial score (nSPS) is 12.0. The van der Waals surface area contributed by atoms with Gasteiger partial charge in [-0.05, 0) is 28.8 Å². The van der Waals surface area contributed by atoms with Gasteiger partial charge in [-0.15, -0.1) is 5.10 Å². The summed E-state index contributed by atoms with van der Waals surface area (Å²) in [6.07, 6.45) is 3.40. The Balaban J connectivity index is 1.98. The molecule has 0 saturated carbocycles. The fourth-order valence-corrected chi connectivity index (χ4v) is 2.43. The maximum absolute atomic E-state index is 12.5. The highest BCUT2D eigenvalue weighted by Crippen LogP contribution is 2.14. The summed E-state index contributed by atoms with van der Waals surface area (Å²) < 4.78 is 6.53. The lowest BCUT2D eigenvalue weighted by atomic mass is 10.1. The van der Waals surface area contributed by atoms with Crippen molar-refractivity contribution in [2.75, 3.05) is 6.61 Å². The maximum atomic E-state index is 12.5. The molecular weight excluding hydrogens is 322 g/mol. The first-order valence-electron chi connectivity index (χ1n) is 8.36. The number of hydrogen-bond acceptors (Lipinski definition) is 6. The summed E-state index contributed by atoms with van der Waals surface area (Å²) in [5.74, 6) is -0.854. The molecular formula is C17H23N5O3. The minimum absolute atomic E-state index is 0.0887. The molecule has 0 aliphatic carbocycles. The molecule has 0 radical (unpaired) electrons. The average molecular weight is 345 g/mol. The monoisotopic (exact) mass is 345 g/mol. The van der Waals surface area contributed by atoms with Crippen molar-refractivity contribution in [1.82, 2.24) is 25.5 Å². The lowest BCUT2D eigenvalue weighted by Crippen LogP contribution is -2.37. The van der Waals surface area contributed by atoms with Crippen LogP contribution in [0, 0.1) is 0 Å². The Morgan fingerprint density at radius 2 is 1.92 bits per heavy atom. The number of carbonyl (C=O) groups excluding carboxylic acids is 2. The fourth-order valence-electron chi connectivity index (χ4n) is 2.43. The first-order chi connectivity index (χ1) is 12.1. The van der Waals surface area contributed by atoms with Crippen molar-refractivity contribution < 1.29 is 14.3 Å². The zero-order valence-corrected chi connectivity index (χ0v) is 14.5. The molecule has 1 aromatic carbocycles.